The Morgan fingerprint density at radius 2 is 1.88 bits per heavy atom. The Kier molecular flexibility index (Phi) is 5.91. The fraction of sp³-hybridized carbons (Fsp3) is 0.348. The molecular weight excluding hydrogens is 424 g/mol. The van der Waals surface area contributed by atoms with Crippen LogP contribution < -0.4 is 10.6 Å². The molecule has 3 aromatic heterocycles. The van der Waals surface area contributed by atoms with Crippen LogP contribution in [0.4, 0.5) is 11.8 Å². The molecule has 0 radical (unpaired) electrons. The predicted octanol–water partition coefficient (Wildman–Crippen LogP) is 3.95. The first-order chi connectivity index (χ1) is 15.7. The minimum atomic E-state index is -0.200. The van der Waals surface area contributed by atoms with Crippen LogP contribution in [0.2, 0.25) is 0 Å². The van der Waals surface area contributed by atoms with E-state index in [-0.39, 0.29) is 17.9 Å². The quantitative estimate of drug-likeness (QED) is 0.338. The summed E-state index contributed by atoms with van der Waals surface area (Å²) in [6.45, 7) is 0.678. The van der Waals surface area contributed by atoms with E-state index < -0.39 is 0 Å². The Bertz CT molecular complexity index is 1170. The second-order valence-electron chi connectivity index (χ2n) is 8.16. The number of rotatable bonds is 7. The van der Waals surface area contributed by atoms with Crippen molar-refractivity contribution in [1.29, 1.82) is 0 Å². The number of aliphatic hydroxyl groups is 1. The summed E-state index contributed by atoms with van der Waals surface area (Å²) in [5.74, 6) is 1.54. The average Bonchev–Trinajstić information content (AvgIpc) is 3.46. The Hall–Kier alpha value is -3.17. The van der Waals surface area contributed by atoms with E-state index in [2.05, 4.69) is 21.0 Å². The summed E-state index contributed by atoms with van der Waals surface area (Å²) in [5, 5.41) is 30.3. The first-order valence-electron chi connectivity index (χ1n) is 10.9. The number of phenols is 1. The summed E-state index contributed by atoms with van der Waals surface area (Å²) in [6.07, 6.45) is 5.77. The smallest absolute Gasteiger partial charge is 0.227 e. The van der Waals surface area contributed by atoms with E-state index in [9.17, 15) is 10.2 Å². The molecule has 1 aromatic carbocycles. The Morgan fingerprint density at radius 3 is 2.62 bits per heavy atom. The van der Waals surface area contributed by atoms with E-state index in [1.165, 1.54) is 0 Å². The van der Waals surface area contributed by atoms with Crippen molar-refractivity contribution in [3.05, 3.63) is 53.0 Å². The highest BCUT2D eigenvalue weighted by atomic mass is 32.1. The zero-order valence-corrected chi connectivity index (χ0v) is 18.4. The third-order valence-electron chi connectivity index (χ3n) is 5.85. The van der Waals surface area contributed by atoms with Gasteiger partial charge in [0.25, 0.3) is 0 Å². The van der Waals surface area contributed by atoms with Gasteiger partial charge in [-0.05, 0) is 61.2 Å². The van der Waals surface area contributed by atoms with Gasteiger partial charge in [-0.1, -0.05) is 12.1 Å². The molecule has 0 spiro atoms. The molecule has 1 fully saturated rings. The number of phenolic OH excluding ortho intramolecular Hbond substituents is 1. The van der Waals surface area contributed by atoms with Crippen LogP contribution in [0.5, 0.6) is 5.75 Å². The topological polar surface area (TPSA) is 108 Å². The summed E-state index contributed by atoms with van der Waals surface area (Å²) >= 11 is 1.63. The third kappa shape index (κ3) is 4.53. The maximum atomic E-state index is 9.81. The van der Waals surface area contributed by atoms with E-state index in [1.807, 2.05) is 28.1 Å². The summed E-state index contributed by atoms with van der Waals surface area (Å²) in [6, 6.07) is 9.53. The number of nitrogens with one attached hydrogen (secondary N) is 2. The first kappa shape index (κ1) is 20.7. The number of nitrogens with zero attached hydrogens (tertiary/aromatic N) is 4. The molecule has 3 heterocycles. The number of hydrogen-bond acceptors (Lipinski definition) is 8. The maximum absolute atomic E-state index is 9.81. The van der Waals surface area contributed by atoms with Gasteiger partial charge in [0.15, 0.2) is 17.0 Å². The summed E-state index contributed by atoms with van der Waals surface area (Å²) in [7, 11) is 0. The largest absolute Gasteiger partial charge is 0.508 e. The van der Waals surface area contributed by atoms with Gasteiger partial charge in [0.2, 0.25) is 5.95 Å². The van der Waals surface area contributed by atoms with Crippen LogP contribution >= 0.6 is 11.3 Å². The van der Waals surface area contributed by atoms with Crippen molar-refractivity contribution in [2.24, 2.45) is 0 Å². The minimum absolute atomic E-state index is 0.200. The standard InChI is InChI=1S/C23H26N6O2S/c30-18-5-1-15(2-6-18)9-11-24-21-20-22(29(14-25-20)17-10-12-32-13-17)28-23(27-21)26-16-3-7-19(31)8-4-16/h1-2,5-6,10,12-14,16,19,30-31H,3-4,7-9,11H2,(H2,24,26,27,28). The predicted molar refractivity (Wildman–Crippen MR) is 127 cm³/mol. The lowest BCUT2D eigenvalue weighted by Gasteiger charge is -2.26. The lowest BCUT2D eigenvalue weighted by atomic mass is 9.93. The molecule has 1 saturated carbocycles. The normalized spacial score (nSPS) is 18.7. The number of anilines is 2. The lowest BCUT2D eigenvalue weighted by Crippen LogP contribution is -2.29. The second kappa shape index (κ2) is 9.13. The highest BCUT2D eigenvalue weighted by Gasteiger charge is 2.21. The van der Waals surface area contributed by atoms with Crippen molar-refractivity contribution in [1.82, 2.24) is 19.5 Å². The Morgan fingerprint density at radius 1 is 1.06 bits per heavy atom. The number of benzene rings is 1. The zero-order valence-electron chi connectivity index (χ0n) is 17.6. The van der Waals surface area contributed by atoms with Crippen molar-refractivity contribution in [2.75, 3.05) is 17.2 Å². The van der Waals surface area contributed by atoms with Gasteiger partial charge in [-0.3, -0.25) is 4.57 Å². The van der Waals surface area contributed by atoms with Gasteiger partial charge in [-0.15, -0.1) is 0 Å². The monoisotopic (exact) mass is 450 g/mol. The number of thiophene rings is 1. The molecule has 0 atom stereocenters. The summed E-state index contributed by atoms with van der Waals surface area (Å²) < 4.78 is 1.98. The number of aromatic hydroxyl groups is 1. The molecule has 0 bridgehead atoms. The van der Waals surface area contributed by atoms with Crippen LogP contribution in [0, 0.1) is 0 Å². The van der Waals surface area contributed by atoms with E-state index in [0.717, 1.165) is 54.5 Å². The molecule has 4 N–H and O–H groups in total. The number of hydrogen-bond donors (Lipinski definition) is 4. The molecule has 1 aliphatic carbocycles. The van der Waals surface area contributed by atoms with Crippen molar-refractivity contribution >= 4 is 34.3 Å². The summed E-state index contributed by atoms with van der Waals surface area (Å²) in [5.41, 5.74) is 3.64. The fourth-order valence-corrected chi connectivity index (χ4v) is 4.69. The van der Waals surface area contributed by atoms with Gasteiger partial charge in [0, 0.05) is 18.0 Å². The number of imidazole rings is 1. The molecule has 32 heavy (non-hydrogen) atoms. The number of aromatic nitrogens is 4. The first-order valence-corrected chi connectivity index (χ1v) is 11.8. The Balaban J connectivity index is 1.41. The number of aliphatic hydroxyl groups excluding tert-OH is 1. The third-order valence-corrected chi connectivity index (χ3v) is 6.52. The Labute approximate surface area is 190 Å². The molecule has 0 aliphatic heterocycles. The molecule has 0 amide bonds. The van der Waals surface area contributed by atoms with Gasteiger partial charge in [-0.25, -0.2) is 4.98 Å². The van der Waals surface area contributed by atoms with Gasteiger partial charge < -0.3 is 20.8 Å². The van der Waals surface area contributed by atoms with E-state index in [1.54, 1.807) is 29.8 Å². The van der Waals surface area contributed by atoms with Crippen LogP contribution in [0.1, 0.15) is 31.2 Å². The van der Waals surface area contributed by atoms with Crippen molar-refractivity contribution in [3.8, 4) is 11.4 Å². The molecular formula is C23H26N6O2S. The molecule has 9 heteroatoms. The van der Waals surface area contributed by atoms with Crippen LogP contribution in [-0.2, 0) is 6.42 Å². The van der Waals surface area contributed by atoms with Crippen molar-refractivity contribution in [2.45, 2.75) is 44.2 Å². The summed E-state index contributed by atoms with van der Waals surface area (Å²) in [4.78, 5) is 14.1. The second-order valence-corrected chi connectivity index (χ2v) is 8.94. The molecule has 0 saturated heterocycles. The van der Waals surface area contributed by atoms with Crippen LogP contribution in [-0.4, -0.2) is 48.4 Å². The van der Waals surface area contributed by atoms with Crippen LogP contribution in [0.3, 0.4) is 0 Å². The van der Waals surface area contributed by atoms with Crippen LogP contribution in [0.25, 0.3) is 16.9 Å². The van der Waals surface area contributed by atoms with Crippen molar-refractivity contribution in [3.63, 3.8) is 0 Å². The van der Waals surface area contributed by atoms with Gasteiger partial charge in [-0.2, -0.15) is 21.3 Å². The van der Waals surface area contributed by atoms with Crippen LogP contribution in [0.15, 0.2) is 47.4 Å². The van der Waals surface area contributed by atoms with E-state index in [0.29, 0.717) is 18.3 Å². The highest BCUT2D eigenvalue weighted by molar-refractivity contribution is 7.08. The van der Waals surface area contributed by atoms with Gasteiger partial charge in [0.1, 0.15) is 12.1 Å². The molecule has 0 unspecified atom stereocenters. The highest BCUT2D eigenvalue weighted by Crippen LogP contribution is 2.27. The van der Waals surface area contributed by atoms with Gasteiger partial charge in [0.05, 0.1) is 11.8 Å². The molecule has 166 valence electrons. The molecule has 1 aliphatic rings. The lowest BCUT2D eigenvalue weighted by molar-refractivity contribution is 0.126. The fourth-order valence-electron chi connectivity index (χ4n) is 4.06. The number of fused-ring (bicyclic) bond motifs is 1. The van der Waals surface area contributed by atoms with Gasteiger partial charge >= 0.3 is 0 Å². The molecule has 4 aromatic rings. The maximum Gasteiger partial charge on any atom is 0.227 e. The van der Waals surface area contributed by atoms with E-state index >= 15 is 0 Å². The van der Waals surface area contributed by atoms with E-state index in [4.69, 9.17) is 9.97 Å². The SMILES string of the molecule is Oc1ccc(CCNc2nc(NC3CCC(O)CC3)nc3c2ncn3-c2ccsc2)cc1. The zero-order chi connectivity index (χ0) is 21.9. The average molecular weight is 451 g/mol. The van der Waals surface area contributed by atoms with Crippen molar-refractivity contribution < 1.29 is 10.2 Å². The molecule has 5 rings (SSSR count). The minimum Gasteiger partial charge on any atom is -0.508 e. The molecule has 8 nitrogen and oxygen atoms in total.